The molecule has 3 nitrogen and oxygen atoms in total. The molecule has 0 aromatic heterocycles. The van der Waals surface area contributed by atoms with E-state index in [0.29, 0.717) is 11.8 Å². The van der Waals surface area contributed by atoms with Crippen molar-refractivity contribution in [3.63, 3.8) is 0 Å². The van der Waals surface area contributed by atoms with Crippen molar-refractivity contribution in [2.75, 3.05) is 0 Å². The Morgan fingerprint density at radius 1 is 0.691 bits per heavy atom. The molecule has 6 rings (SSSR count). The Morgan fingerprint density at radius 2 is 1.20 bits per heavy atom. The first-order chi connectivity index (χ1) is 26.1. The van der Waals surface area contributed by atoms with Crippen molar-refractivity contribution < 1.29 is 30.0 Å². The first-order valence-electron chi connectivity index (χ1n) is 19.9. The molecule has 0 amide bonds. The average Bonchev–Trinajstić information content (AvgIpc) is 3.58. The maximum atomic E-state index is 11.7. The zero-order chi connectivity index (χ0) is 38.8. The van der Waals surface area contributed by atoms with E-state index in [1.165, 1.54) is 54.0 Å². The topological polar surface area (TPSA) is 51.4 Å². The molecule has 0 aliphatic carbocycles. The molecule has 1 radical (unpaired) electrons. The molecular weight excluding hydrogens is 1050 g/mol. The average molecular weight is 1110 g/mol. The van der Waals surface area contributed by atoms with Crippen molar-refractivity contribution >= 4 is 39.8 Å². The van der Waals surface area contributed by atoms with Crippen LogP contribution >= 0.6 is 0 Å². The summed E-state index contributed by atoms with van der Waals surface area (Å²) in [5.74, 6) is 1.42. The summed E-state index contributed by atoms with van der Waals surface area (Å²) in [7, 11) is 0. The van der Waals surface area contributed by atoms with Gasteiger partial charge in [0.05, 0.1) is 5.76 Å². The van der Waals surface area contributed by atoms with E-state index in [1.54, 1.807) is 3.27 Å². The fourth-order valence-corrected chi connectivity index (χ4v) is 20.0. The maximum absolute atomic E-state index is 11.7. The Morgan fingerprint density at radius 3 is 1.73 bits per heavy atom. The van der Waals surface area contributed by atoms with E-state index in [4.69, 9.17) is 5.32 Å². The van der Waals surface area contributed by atoms with Gasteiger partial charge in [0, 0.05) is 38.0 Å². The van der Waals surface area contributed by atoms with E-state index < -0.39 is 21.8 Å². The molecule has 5 aromatic carbocycles. The molecule has 1 aliphatic rings. The van der Waals surface area contributed by atoms with Crippen LogP contribution in [-0.4, -0.2) is 32.6 Å². The second-order valence-corrected chi connectivity index (χ2v) is 23.3. The number of aliphatic hydroxyl groups is 1. The van der Waals surface area contributed by atoms with E-state index >= 15 is 0 Å². The quantitative estimate of drug-likeness (QED) is 0.0553. The molecule has 1 N–H and O–H groups in total. The first-order valence-corrected chi connectivity index (χ1v) is 25.4. The summed E-state index contributed by atoms with van der Waals surface area (Å²) in [4.78, 5) is 11.7. The zero-order valence-corrected chi connectivity index (χ0v) is 39.7. The number of ketones is 1. The number of hydrogen-bond acceptors (Lipinski definition) is 2. The van der Waals surface area contributed by atoms with E-state index in [0.717, 1.165) is 25.7 Å². The van der Waals surface area contributed by atoms with Crippen molar-refractivity contribution in [2.24, 2.45) is 11.8 Å². The number of benzene rings is 5. The van der Waals surface area contributed by atoms with E-state index in [1.807, 2.05) is 33.8 Å². The molecule has 0 saturated carbocycles. The van der Waals surface area contributed by atoms with Gasteiger partial charge < -0.3 is 5.11 Å². The van der Waals surface area contributed by atoms with Gasteiger partial charge in [0.2, 0.25) is 0 Å². The zero-order valence-electron chi connectivity index (χ0n) is 33.8. The Kier molecular flexibility index (Phi) is 17.1. The third kappa shape index (κ3) is 10.7. The van der Waals surface area contributed by atoms with Gasteiger partial charge in [-0.15, -0.1) is 0 Å². The molecule has 55 heavy (non-hydrogen) atoms. The summed E-state index contributed by atoms with van der Waals surface area (Å²) < 4.78 is 3.40. The molecular formula is C50H58BiIrNO2-2. The van der Waals surface area contributed by atoms with Crippen LogP contribution < -0.4 is 6.54 Å². The number of nitrogens with zero attached hydrogens (tertiary/aromatic N) is 1. The monoisotopic (exact) mass is 1110 g/mol. The van der Waals surface area contributed by atoms with Gasteiger partial charge >= 0.3 is 243 Å². The van der Waals surface area contributed by atoms with Crippen LogP contribution in [0.15, 0.2) is 127 Å². The minimum absolute atomic E-state index is 0. The van der Waals surface area contributed by atoms with Gasteiger partial charge in [-0.05, 0) is 25.7 Å². The molecule has 0 spiro atoms. The van der Waals surface area contributed by atoms with Crippen LogP contribution in [0.2, 0.25) is 0 Å². The Labute approximate surface area is 353 Å². The van der Waals surface area contributed by atoms with Gasteiger partial charge in [-0.2, -0.15) is 0 Å². The number of hydrogen-bond donors (Lipinski definition) is 1. The molecule has 0 bridgehead atoms. The van der Waals surface area contributed by atoms with Crippen molar-refractivity contribution in [2.45, 2.75) is 96.7 Å². The van der Waals surface area contributed by atoms with Crippen LogP contribution in [0.1, 0.15) is 113 Å². The molecule has 1 atom stereocenters. The predicted octanol–water partition coefficient (Wildman–Crippen LogP) is 12.8. The summed E-state index contributed by atoms with van der Waals surface area (Å²) >= 11 is -2.62. The summed E-state index contributed by atoms with van der Waals surface area (Å²) in [6.45, 7) is 17.5. The molecule has 5 heteroatoms. The van der Waals surface area contributed by atoms with Gasteiger partial charge in [0.1, 0.15) is 0 Å². The number of carbonyl (C=O) groups excluding carboxylic acids is 1. The van der Waals surface area contributed by atoms with Crippen LogP contribution in [-0.2, 0) is 24.9 Å². The molecule has 1 heterocycles. The Bertz CT molecular complexity index is 1950. The number of carbonyl (C=O) groups is 1. The van der Waals surface area contributed by atoms with Crippen LogP contribution in [0.5, 0.6) is 0 Å². The van der Waals surface area contributed by atoms with Crippen LogP contribution in [0, 0.1) is 17.9 Å². The first kappa shape index (κ1) is 44.4. The van der Waals surface area contributed by atoms with Crippen molar-refractivity contribution in [3.8, 4) is 22.3 Å². The molecule has 5 aromatic rings. The van der Waals surface area contributed by atoms with Crippen molar-refractivity contribution in [3.05, 3.63) is 155 Å². The largest absolute Gasteiger partial charge is 0.512 e. The maximum Gasteiger partial charge on any atom is 0.162 e. The predicted molar refractivity (Wildman–Crippen MR) is 232 cm³/mol. The standard InChI is InChI=1S/C24H25.C13H9N.C13H24O2.Bi.Ir/c1-17(2)22-14-23(18(3)4)16-24(15-22)21-12-10-20(11-13-21)19-8-6-5-7-9-19;1-3-7-12(8-4-1)11-14-13-9-5-2-6-10-13;1-5-10(6-2)12(14)9-13(15)11(7-3)8-4;;/h5-13,15-18H,1-4H3;1-7,9,11H;9-11,14H,5-8H2,1-4H3;;/q;-2;;;/b;;12-9-;;. The Hall–Kier alpha value is -3.36. The number of fused-ring (bicyclic) bond motifs is 1. The minimum atomic E-state index is -2.62. The molecule has 291 valence electrons. The summed E-state index contributed by atoms with van der Waals surface area (Å²) in [6.07, 6.45) is 4.91. The van der Waals surface area contributed by atoms with Crippen molar-refractivity contribution in [1.29, 1.82) is 0 Å². The second-order valence-electron chi connectivity index (χ2n) is 14.9. The smallest absolute Gasteiger partial charge is 0.162 e. The van der Waals surface area contributed by atoms with Gasteiger partial charge in [0.15, 0.2) is 5.78 Å². The molecule has 1 aliphatic heterocycles. The number of para-hydroxylation sites is 1. The molecule has 0 saturated heterocycles. The van der Waals surface area contributed by atoms with E-state index in [2.05, 4.69) is 143 Å². The number of aliphatic hydroxyl groups excluding tert-OH is 1. The van der Waals surface area contributed by atoms with Crippen LogP contribution in [0.4, 0.5) is 5.69 Å². The van der Waals surface area contributed by atoms with Gasteiger partial charge in [-0.1, -0.05) is 27.7 Å². The number of allylic oxidation sites excluding steroid dienone is 2. The fourth-order valence-electron chi connectivity index (χ4n) is 7.39. The normalized spacial score (nSPS) is 14.0. The summed E-state index contributed by atoms with van der Waals surface area (Å²) in [5, 5.41) is 15.1. The SMILES string of the molecule is CC(C)c1cc(-c2ccc(-c3ccccc3)cc2)cc(C(C)C)[c]1[Bi]1[c]2ccccc2[N-][CH]1c1[c-]cccc1.CCC(CC)C(=O)/C=C(\O)C(CC)CC.[Ir]. The van der Waals surface area contributed by atoms with Gasteiger partial charge in [-0.3, -0.25) is 4.79 Å². The van der Waals surface area contributed by atoms with E-state index in [9.17, 15) is 9.90 Å². The second kappa shape index (κ2) is 21.2. The van der Waals surface area contributed by atoms with E-state index in [-0.39, 0.29) is 47.2 Å². The summed E-state index contributed by atoms with van der Waals surface area (Å²) in [6, 6.07) is 45.7. The number of rotatable bonds is 13. The van der Waals surface area contributed by atoms with Crippen LogP contribution in [0.25, 0.3) is 27.6 Å². The fraction of sp³-hybridized carbons (Fsp3) is 0.340. The minimum Gasteiger partial charge on any atom is -0.512 e. The third-order valence-corrected chi connectivity index (χ3v) is 21.5. The Balaban J connectivity index is 0.000000360. The summed E-state index contributed by atoms with van der Waals surface area (Å²) in [5.41, 5.74) is 10.6. The molecule has 1 unspecified atom stereocenters. The molecule has 0 fully saturated rings. The van der Waals surface area contributed by atoms with Crippen LogP contribution in [0.3, 0.4) is 0 Å². The van der Waals surface area contributed by atoms with Crippen molar-refractivity contribution in [1.82, 2.24) is 0 Å². The van der Waals surface area contributed by atoms with Gasteiger partial charge in [-0.25, -0.2) is 0 Å². The third-order valence-electron chi connectivity index (χ3n) is 10.7. The van der Waals surface area contributed by atoms with Gasteiger partial charge in [0.25, 0.3) is 0 Å².